The number of aliphatic hydroxyl groups is 4. The van der Waals surface area contributed by atoms with Gasteiger partial charge >= 0.3 is 21.8 Å². The molecule has 2 aliphatic rings. The fourth-order valence-electron chi connectivity index (χ4n) is 11.4. The Morgan fingerprint density at radius 1 is 0.440 bits per heavy atom. The molecule has 6 heterocycles. The number of ether oxygens (including phenoxy) is 2. The third-order valence-corrected chi connectivity index (χ3v) is 17.6. The molecule has 10 aromatic rings. The summed E-state index contributed by atoms with van der Waals surface area (Å²) in [5, 5.41) is 38.0. The molecule has 0 amide bonds. The number of nitrogens with two attached hydrogens (primary N) is 2. The van der Waals surface area contributed by atoms with E-state index in [1.165, 1.54) is 58.1 Å². The predicted octanol–water partition coefficient (Wildman–Crippen LogP) is 7.20. The van der Waals surface area contributed by atoms with Crippen molar-refractivity contribution >= 4 is 106 Å². The van der Waals surface area contributed by atoms with Crippen LogP contribution >= 0.6 is 72.8 Å². The number of aromatic nitrogens is 8. The number of imidazole rings is 2. The number of H-pyrrole nitrogens is 2. The van der Waals surface area contributed by atoms with Gasteiger partial charge in [0.05, 0.1) is 76.6 Å². The van der Waals surface area contributed by atoms with Gasteiger partial charge in [-0.25, -0.2) is 19.6 Å². The maximum Gasteiger partial charge on any atom is 0.394 e. The molecule has 12 rings (SSSR count). The van der Waals surface area contributed by atoms with Crippen molar-refractivity contribution in [1.29, 1.82) is 0 Å². The fourth-order valence-corrected chi connectivity index (χ4v) is 11.7. The van der Waals surface area contributed by atoms with E-state index in [1.807, 2.05) is 84.9 Å². The molecule has 600 valence electrons. The minimum absolute atomic E-state index is 0. The van der Waals surface area contributed by atoms with Crippen LogP contribution in [0, 0.1) is 0 Å². The van der Waals surface area contributed by atoms with Crippen LogP contribution in [0.15, 0.2) is 202 Å². The van der Waals surface area contributed by atoms with Crippen molar-refractivity contribution in [3.05, 3.63) is 268 Å². The summed E-state index contributed by atoms with van der Waals surface area (Å²) in [5.74, 6) is 0. The van der Waals surface area contributed by atoms with Gasteiger partial charge in [-0.15, -0.1) is 49.6 Å². The van der Waals surface area contributed by atoms with E-state index in [2.05, 4.69) is 124 Å². The monoisotopic (exact) mass is 1650 g/mol. The van der Waals surface area contributed by atoms with E-state index in [4.69, 9.17) is 71.9 Å². The van der Waals surface area contributed by atoms with Crippen LogP contribution in [0.3, 0.4) is 0 Å². The number of hydrogen-bond donors (Lipinski definition) is 10. The Hall–Kier alpha value is -7.25. The lowest BCUT2D eigenvalue weighted by molar-refractivity contribution is 0.0522. The number of nitrogens with zero attached hydrogens (tertiary/aromatic N) is 10. The molecule has 28 nitrogen and oxygen atoms in total. The summed E-state index contributed by atoms with van der Waals surface area (Å²) < 4.78 is 47.1. The molecule has 12 N–H and O–H groups in total. The summed E-state index contributed by atoms with van der Waals surface area (Å²) in [6.07, 6.45) is 1.70. The van der Waals surface area contributed by atoms with Gasteiger partial charge in [0.25, 0.3) is 11.1 Å². The summed E-state index contributed by atoms with van der Waals surface area (Å²) >= 11 is 12.2. The van der Waals surface area contributed by atoms with E-state index >= 15 is 0 Å². The topological polar surface area (TPSA) is 384 Å². The molecule has 0 spiro atoms. The van der Waals surface area contributed by atoms with Gasteiger partial charge in [0.15, 0.2) is 11.3 Å². The van der Waals surface area contributed by atoms with Crippen LogP contribution in [0.25, 0.3) is 22.3 Å². The van der Waals surface area contributed by atoms with Crippen LogP contribution in [0.4, 0.5) is 0 Å². The Labute approximate surface area is 669 Å². The molecule has 2 saturated heterocycles. The number of halogens is 6. The Bertz CT molecular complexity index is 4240. The number of aryl methyl sites for hydroxylation is 2. The number of fused-ring (bicyclic) bond motifs is 2. The van der Waals surface area contributed by atoms with Crippen LogP contribution in [0.1, 0.15) is 71.5 Å². The normalized spacial score (nSPS) is 14.6. The van der Waals surface area contributed by atoms with Crippen molar-refractivity contribution in [3.8, 4) is 0 Å². The average molecular weight is 1660 g/mol. The van der Waals surface area contributed by atoms with Crippen molar-refractivity contribution < 1.29 is 47.4 Å². The van der Waals surface area contributed by atoms with Crippen molar-refractivity contribution in [2.75, 3.05) is 105 Å². The Balaban J connectivity index is 0.000000451. The second kappa shape index (κ2) is 50.6. The molecule has 0 saturated carbocycles. The standard InChI is InChI=1S/2C21H27ClN2O2.2C9H13NO.2C7H8N4O2.4ClH.H2O4S/c2*22-20-8-6-19(7-9-20)21(18-4-2-1-3-5-18)24-12-10-23(11-13-24)14-16-26-17-15-25;2*1-7(10)9(11)8-5-3-2-4-6-8;2*1-10-5-4(8-3-9-5)6(12)11(2)7(10)13;;;;;1-5(2,3)4/h2*1-9,21,25H,10-17H2;2*2-7,9,11H,10H2,1H3;2*3H,1-2H3,(H,8,9);4*1H;(H2,1,2,3,4)/t;;2*7-,9-;;;;;;;/m..00......./s1. The first kappa shape index (κ1) is 97.8. The fraction of sp³-hybridized carbons (Fsp3) is 0.378. The van der Waals surface area contributed by atoms with Gasteiger partial charge in [0, 0.05) is 116 Å². The van der Waals surface area contributed by atoms with Crippen LogP contribution in [0.2, 0.25) is 10.0 Å². The number of benzene rings is 6. The smallest absolute Gasteiger partial charge is 0.394 e. The highest BCUT2D eigenvalue weighted by Crippen LogP contribution is 2.32. The van der Waals surface area contributed by atoms with Gasteiger partial charge < -0.3 is 51.3 Å². The molecule has 0 aliphatic carbocycles. The molecule has 6 atom stereocenters. The molecule has 0 radical (unpaired) electrons. The van der Waals surface area contributed by atoms with Gasteiger partial charge in [-0.3, -0.25) is 56.6 Å². The quantitative estimate of drug-likeness (QED) is 0.0266. The second-order valence-corrected chi connectivity index (χ2v) is 26.4. The van der Waals surface area contributed by atoms with E-state index in [0.29, 0.717) is 48.8 Å². The summed E-state index contributed by atoms with van der Waals surface area (Å²) in [6, 6.07) is 56.7. The maximum absolute atomic E-state index is 11.4. The van der Waals surface area contributed by atoms with Crippen molar-refractivity contribution in [2.45, 2.75) is 50.2 Å². The average Bonchev–Trinajstić information content (AvgIpc) is 1.72. The molecule has 2 unspecified atom stereocenters. The zero-order valence-corrected chi connectivity index (χ0v) is 67.1. The number of rotatable bonds is 20. The summed E-state index contributed by atoms with van der Waals surface area (Å²) in [7, 11) is 1.35. The molecule has 0 bridgehead atoms. The van der Waals surface area contributed by atoms with E-state index in [9.17, 15) is 29.4 Å². The van der Waals surface area contributed by atoms with Gasteiger partial charge in [-0.05, 0) is 71.5 Å². The Morgan fingerprint density at radius 2 is 0.706 bits per heavy atom. The van der Waals surface area contributed by atoms with Gasteiger partial charge in [-0.1, -0.05) is 169 Å². The first-order valence-electron chi connectivity index (χ1n) is 34.0. The van der Waals surface area contributed by atoms with Crippen LogP contribution in [-0.4, -0.2) is 213 Å². The molecule has 2 aliphatic heterocycles. The molecule has 35 heteroatoms. The van der Waals surface area contributed by atoms with Crippen LogP contribution in [-0.2, 0) is 48.1 Å². The van der Waals surface area contributed by atoms with Crippen LogP contribution < -0.4 is 34.0 Å². The lowest BCUT2D eigenvalue weighted by Gasteiger charge is -2.39. The second-order valence-electron chi connectivity index (χ2n) is 24.6. The lowest BCUT2D eigenvalue weighted by atomic mass is 9.96. The highest BCUT2D eigenvalue weighted by Gasteiger charge is 2.28. The predicted molar refractivity (Wildman–Crippen MR) is 438 cm³/mol. The maximum atomic E-state index is 11.4. The highest BCUT2D eigenvalue weighted by molar-refractivity contribution is 7.79. The zero-order valence-electron chi connectivity index (χ0n) is 61.5. The van der Waals surface area contributed by atoms with E-state index in [-0.39, 0.29) is 110 Å². The number of aliphatic hydroxyl groups excluding tert-OH is 4. The number of nitrogens with one attached hydrogen (secondary N) is 2. The summed E-state index contributed by atoms with van der Waals surface area (Å²) in [5.41, 5.74) is 18.0. The molecular formula is C74H102Cl6N14O14S. The molecule has 109 heavy (non-hydrogen) atoms. The van der Waals surface area contributed by atoms with Crippen LogP contribution in [0.5, 0.6) is 0 Å². The third kappa shape index (κ3) is 31.4. The van der Waals surface area contributed by atoms with Gasteiger partial charge in [0.2, 0.25) is 0 Å². The third-order valence-electron chi connectivity index (χ3n) is 17.1. The van der Waals surface area contributed by atoms with Gasteiger partial charge in [-0.2, -0.15) is 8.42 Å². The number of piperazine rings is 2. The van der Waals surface area contributed by atoms with E-state index in [0.717, 1.165) is 95.8 Å². The Morgan fingerprint density at radius 3 is 0.972 bits per heavy atom. The SMILES string of the molecule is C[C@H](N)[C@H](O)c1ccccc1.C[C@H](N)[C@H](O)c1ccccc1.Cl.Cl.Cl.Cl.Cn1c(=O)c2[nH]cnc2n(C)c1=O.Cn1c(=O)c2[nH]cnc2n(C)c1=O.O=S(=O)(O)O.OCCOCCN1CCN(C(c2ccccc2)c2ccc(Cl)cc2)CC1.OCCOCCN1CCN(C(c2ccccc2)c2ccc(Cl)cc2)CC1. The van der Waals surface area contributed by atoms with Crippen molar-refractivity contribution in [2.24, 2.45) is 39.7 Å². The number of aromatic amines is 2. The van der Waals surface area contributed by atoms with Crippen molar-refractivity contribution in [3.63, 3.8) is 0 Å². The zero-order chi connectivity index (χ0) is 76.6. The Kier molecular flexibility index (Phi) is 45.4. The number of hydrogen-bond acceptors (Lipinski definition) is 20. The van der Waals surface area contributed by atoms with Gasteiger partial charge in [0.1, 0.15) is 11.0 Å². The molecule has 4 aromatic heterocycles. The minimum Gasteiger partial charge on any atom is -0.394 e. The molecule has 6 aromatic carbocycles. The largest absolute Gasteiger partial charge is 0.394 e. The highest BCUT2D eigenvalue weighted by atomic mass is 35.5. The van der Waals surface area contributed by atoms with E-state index in [1.54, 1.807) is 27.9 Å². The molecule has 2 fully saturated rings. The first-order valence-corrected chi connectivity index (χ1v) is 36.2. The minimum atomic E-state index is -4.67. The lowest BCUT2D eigenvalue weighted by Crippen LogP contribution is -2.48. The van der Waals surface area contributed by atoms with Crippen molar-refractivity contribution in [1.82, 2.24) is 57.8 Å². The molecular weight excluding hydrogens is 1550 g/mol. The van der Waals surface area contributed by atoms with E-state index < -0.39 is 22.6 Å². The summed E-state index contributed by atoms with van der Waals surface area (Å²) in [4.78, 5) is 68.7. The summed E-state index contributed by atoms with van der Waals surface area (Å²) in [6.45, 7) is 16.0. The first-order chi connectivity index (χ1) is 50.2.